The van der Waals surface area contributed by atoms with Gasteiger partial charge >= 0.3 is 12.3 Å². The second-order valence-electron chi connectivity index (χ2n) is 10.2. The number of carbonyl (C=O) groups is 2. The Morgan fingerprint density at radius 2 is 1.90 bits per heavy atom. The number of carbonyl (C=O) groups excluding carboxylic acids is 1. The summed E-state index contributed by atoms with van der Waals surface area (Å²) in [6, 6.07) is 11.2. The number of carboxylic acid groups (broad SMARTS) is 1. The quantitative estimate of drug-likeness (QED) is 0.229. The van der Waals surface area contributed by atoms with Crippen LogP contribution in [0, 0.1) is 0 Å². The lowest BCUT2D eigenvalue weighted by atomic mass is 9.91. The number of unbranched alkanes of at least 4 members (excludes halogenated alkanes) is 3. The SMILES string of the molecule is O=C(O)N1CCN2C(=O)c3ccc(NCCCCCCSc4ccnc5cc(C(F)(F)F)ccc45)cc3CC2C1. The van der Waals surface area contributed by atoms with E-state index in [0.29, 0.717) is 37.1 Å². The molecule has 212 valence electrons. The molecule has 3 aromatic rings. The fraction of sp³-hybridized carbons (Fsp3) is 0.414. The molecule has 1 fully saturated rings. The van der Waals surface area contributed by atoms with Crippen molar-refractivity contribution in [3.63, 3.8) is 0 Å². The van der Waals surface area contributed by atoms with E-state index >= 15 is 0 Å². The van der Waals surface area contributed by atoms with Gasteiger partial charge in [-0.1, -0.05) is 18.9 Å². The number of alkyl halides is 3. The minimum Gasteiger partial charge on any atom is -0.465 e. The zero-order chi connectivity index (χ0) is 28.3. The highest BCUT2D eigenvalue weighted by Crippen LogP contribution is 2.34. The molecular weight excluding hydrogens is 541 g/mol. The van der Waals surface area contributed by atoms with Gasteiger partial charge < -0.3 is 20.2 Å². The van der Waals surface area contributed by atoms with Gasteiger partial charge in [0.2, 0.25) is 0 Å². The van der Waals surface area contributed by atoms with Crippen molar-refractivity contribution in [2.45, 2.75) is 49.2 Å². The molecule has 0 spiro atoms. The molecule has 1 unspecified atom stereocenters. The van der Waals surface area contributed by atoms with Gasteiger partial charge in [0, 0.05) is 53.9 Å². The average Bonchev–Trinajstić information content (AvgIpc) is 2.93. The second-order valence-corrected chi connectivity index (χ2v) is 11.3. The van der Waals surface area contributed by atoms with Crippen LogP contribution in [-0.4, -0.2) is 69.9 Å². The Morgan fingerprint density at radius 1 is 1.07 bits per heavy atom. The van der Waals surface area contributed by atoms with Crippen LogP contribution in [0.25, 0.3) is 10.9 Å². The first-order chi connectivity index (χ1) is 19.2. The largest absolute Gasteiger partial charge is 0.465 e. The van der Waals surface area contributed by atoms with Crippen LogP contribution >= 0.6 is 11.8 Å². The zero-order valence-electron chi connectivity index (χ0n) is 21.9. The van der Waals surface area contributed by atoms with Gasteiger partial charge in [-0.25, -0.2) is 4.79 Å². The number of pyridine rings is 1. The zero-order valence-corrected chi connectivity index (χ0v) is 22.7. The maximum Gasteiger partial charge on any atom is 0.416 e. The third-order valence-electron chi connectivity index (χ3n) is 7.49. The standard InChI is InChI=1S/C29H31F3N4O3S/c30-29(31,32)20-5-7-24-25(17-20)34-11-9-26(24)40-14-4-2-1-3-10-33-21-6-8-23-19(15-21)16-22-18-35(28(38)39)12-13-36(22)27(23)37/h5-9,11,15,17,22,33H,1-4,10,12-14,16,18H2,(H,38,39). The molecule has 2 N–H and O–H groups in total. The molecule has 1 saturated heterocycles. The molecule has 7 nitrogen and oxygen atoms in total. The molecule has 0 aliphatic carbocycles. The first-order valence-electron chi connectivity index (χ1n) is 13.4. The number of halogens is 3. The summed E-state index contributed by atoms with van der Waals surface area (Å²) < 4.78 is 39.0. The van der Waals surface area contributed by atoms with Crippen molar-refractivity contribution in [1.82, 2.24) is 14.8 Å². The van der Waals surface area contributed by atoms with Gasteiger partial charge in [-0.3, -0.25) is 9.78 Å². The Labute approximate surface area is 234 Å². The molecule has 3 heterocycles. The molecule has 0 radical (unpaired) electrons. The Balaban J connectivity index is 1.04. The summed E-state index contributed by atoms with van der Waals surface area (Å²) in [5.74, 6) is 0.857. The Kier molecular flexibility index (Phi) is 8.39. The van der Waals surface area contributed by atoms with E-state index in [1.165, 1.54) is 11.0 Å². The number of benzene rings is 2. The van der Waals surface area contributed by atoms with Gasteiger partial charge in [-0.05, 0) is 67.0 Å². The summed E-state index contributed by atoms with van der Waals surface area (Å²) in [6.07, 6.45) is 0.968. The summed E-state index contributed by atoms with van der Waals surface area (Å²) in [4.78, 5) is 32.5. The van der Waals surface area contributed by atoms with E-state index in [1.54, 1.807) is 22.9 Å². The lowest BCUT2D eigenvalue weighted by Gasteiger charge is -2.43. The van der Waals surface area contributed by atoms with Crippen LogP contribution < -0.4 is 5.32 Å². The first kappa shape index (κ1) is 28.1. The van der Waals surface area contributed by atoms with Crippen molar-refractivity contribution in [2.24, 2.45) is 0 Å². The van der Waals surface area contributed by atoms with Gasteiger partial charge in [0.05, 0.1) is 17.1 Å². The first-order valence-corrected chi connectivity index (χ1v) is 14.4. The number of thioether (sulfide) groups is 1. The molecule has 11 heteroatoms. The fourth-order valence-corrected chi connectivity index (χ4v) is 6.43. The Hall–Kier alpha value is -3.47. The Morgan fingerprint density at radius 3 is 2.70 bits per heavy atom. The van der Waals surface area contributed by atoms with Crippen molar-refractivity contribution in [3.05, 3.63) is 65.4 Å². The molecule has 2 aliphatic rings. The van der Waals surface area contributed by atoms with Crippen molar-refractivity contribution in [1.29, 1.82) is 0 Å². The maximum absolute atomic E-state index is 13.0. The van der Waals surface area contributed by atoms with Gasteiger partial charge in [0.15, 0.2) is 0 Å². The minimum absolute atomic E-state index is 0.0217. The van der Waals surface area contributed by atoms with Crippen LogP contribution in [0.15, 0.2) is 53.6 Å². The molecule has 2 amide bonds. The third kappa shape index (κ3) is 6.29. The highest BCUT2D eigenvalue weighted by atomic mass is 32.2. The van der Waals surface area contributed by atoms with Gasteiger partial charge in [-0.15, -0.1) is 11.8 Å². The van der Waals surface area contributed by atoms with Crippen LogP contribution in [0.5, 0.6) is 0 Å². The Bertz CT molecular complexity index is 1400. The summed E-state index contributed by atoms with van der Waals surface area (Å²) in [5, 5.41) is 13.5. The van der Waals surface area contributed by atoms with Gasteiger partial charge in [0.25, 0.3) is 5.91 Å². The molecule has 40 heavy (non-hydrogen) atoms. The average molecular weight is 573 g/mol. The lowest BCUT2D eigenvalue weighted by molar-refractivity contribution is -0.137. The van der Waals surface area contributed by atoms with Gasteiger partial charge in [0.1, 0.15) is 0 Å². The number of rotatable bonds is 9. The number of nitrogens with zero attached hydrogens (tertiary/aromatic N) is 3. The summed E-state index contributed by atoms with van der Waals surface area (Å²) in [6.45, 7) is 1.92. The molecule has 5 rings (SSSR count). The van der Waals surface area contributed by atoms with Crippen molar-refractivity contribution >= 4 is 40.4 Å². The van der Waals surface area contributed by atoms with E-state index in [4.69, 9.17) is 0 Å². The molecule has 0 bridgehead atoms. The molecule has 2 aliphatic heterocycles. The molecule has 0 saturated carbocycles. The van der Waals surface area contributed by atoms with Crippen LogP contribution in [0.2, 0.25) is 0 Å². The van der Waals surface area contributed by atoms with Crippen LogP contribution in [0.4, 0.5) is 23.7 Å². The number of amides is 2. The highest BCUT2D eigenvalue weighted by Gasteiger charge is 2.37. The van der Waals surface area contributed by atoms with E-state index in [2.05, 4.69) is 10.3 Å². The second kappa shape index (κ2) is 12.0. The van der Waals surface area contributed by atoms with Crippen molar-refractivity contribution in [3.8, 4) is 0 Å². The number of fused-ring (bicyclic) bond motifs is 3. The number of aromatic nitrogens is 1. The van der Waals surface area contributed by atoms with Gasteiger partial charge in [-0.2, -0.15) is 13.2 Å². The van der Waals surface area contributed by atoms with Crippen LogP contribution in [0.1, 0.15) is 47.2 Å². The maximum atomic E-state index is 13.0. The summed E-state index contributed by atoms with van der Waals surface area (Å²) >= 11 is 1.64. The van der Waals surface area contributed by atoms with Crippen molar-refractivity contribution < 1.29 is 27.9 Å². The van der Waals surface area contributed by atoms with E-state index in [1.807, 2.05) is 24.3 Å². The normalized spacial score (nSPS) is 17.1. The van der Waals surface area contributed by atoms with Crippen LogP contribution in [-0.2, 0) is 12.6 Å². The lowest BCUT2D eigenvalue weighted by Crippen LogP contribution is -2.58. The smallest absolute Gasteiger partial charge is 0.416 e. The minimum atomic E-state index is -4.38. The summed E-state index contributed by atoms with van der Waals surface area (Å²) in [5.41, 5.74) is 2.29. The number of nitrogens with one attached hydrogen (secondary N) is 1. The van der Waals surface area contributed by atoms with Crippen molar-refractivity contribution in [2.75, 3.05) is 37.2 Å². The predicted octanol–water partition coefficient (Wildman–Crippen LogP) is 6.38. The van der Waals surface area contributed by atoms with E-state index in [-0.39, 0.29) is 11.9 Å². The molecule has 2 aromatic carbocycles. The van der Waals surface area contributed by atoms with E-state index < -0.39 is 17.8 Å². The van der Waals surface area contributed by atoms with E-state index in [0.717, 1.165) is 71.6 Å². The topological polar surface area (TPSA) is 85.8 Å². The molecule has 1 aromatic heterocycles. The number of anilines is 1. The number of piperazine rings is 1. The fourth-order valence-electron chi connectivity index (χ4n) is 5.38. The molecular formula is C29H31F3N4O3S. The molecule has 1 atom stereocenters. The number of hydrogen-bond acceptors (Lipinski definition) is 5. The monoisotopic (exact) mass is 572 g/mol. The third-order valence-corrected chi connectivity index (χ3v) is 8.65. The predicted molar refractivity (Wildman–Crippen MR) is 149 cm³/mol. The number of hydrogen-bond donors (Lipinski definition) is 2. The summed E-state index contributed by atoms with van der Waals surface area (Å²) in [7, 11) is 0. The van der Waals surface area contributed by atoms with E-state index in [9.17, 15) is 27.9 Å². The van der Waals surface area contributed by atoms with Crippen LogP contribution in [0.3, 0.4) is 0 Å². The highest BCUT2D eigenvalue weighted by molar-refractivity contribution is 7.99.